The molecular weight excluding hydrogens is 444 g/mol. The van der Waals surface area contributed by atoms with Gasteiger partial charge in [0.15, 0.2) is 8.32 Å². The van der Waals surface area contributed by atoms with Gasteiger partial charge >= 0.3 is 0 Å². The van der Waals surface area contributed by atoms with Crippen LogP contribution in [0.15, 0.2) is 12.2 Å². The number of hydrogen-bond donors (Lipinski definition) is 2. The van der Waals surface area contributed by atoms with Crippen LogP contribution in [0.2, 0.25) is 18.1 Å². The summed E-state index contributed by atoms with van der Waals surface area (Å²) >= 11 is 0. The molecule has 202 valence electrons. The molecule has 0 aliphatic heterocycles. The highest BCUT2D eigenvalue weighted by Crippen LogP contribution is 2.63. The molecule has 4 saturated carbocycles. The molecule has 7 atom stereocenters. The Morgan fingerprint density at radius 3 is 2.34 bits per heavy atom. The Morgan fingerprint density at radius 1 is 1.03 bits per heavy atom. The maximum absolute atomic E-state index is 7.05. The molecule has 0 aromatic heterocycles. The topological polar surface area (TPSA) is 47.3 Å². The zero-order chi connectivity index (χ0) is 25.6. The van der Waals surface area contributed by atoms with Crippen molar-refractivity contribution in [2.24, 2.45) is 40.2 Å². The molecule has 0 radical (unpaired) electrons. The van der Waals surface area contributed by atoms with E-state index in [9.17, 15) is 0 Å². The van der Waals surface area contributed by atoms with E-state index in [1.165, 1.54) is 82.7 Å². The van der Waals surface area contributed by atoms with Crippen molar-refractivity contribution in [2.75, 3.05) is 13.1 Å². The first-order chi connectivity index (χ1) is 16.3. The molecule has 0 heterocycles. The minimum Gasteiger partial charge on any atom is -0.414 e. The van der Waals surface area contributed by atoms with Gasteiger partial charge in [-0.2, -0.15) is 0 Å². The molecule has 0 saturated heterocycles. The normalized spacial score (nSPS) is 41.4. The van der Waals surface area contributed by atoms with Crippen molar-refractivity contribution < 1.29 is 4.43 Å². The lowest BCUT2D eigenvalue weighted by atomic mass is 9.49. The predicted molar refractivity (Wildman–Crippen MR) is 153 cm³/mol. The zero-order valence-electron chi connectivity index (χ0n) is 24.3. The molecule has 4 fully saturated rings. The Kier molecular flexibility index (Phi) is 8.11. The number of hydrogen-bond acceptors (Lipinski definition) is 3. The van der Waals surface area contributed by atoms with Crippen molar-refractivity contribution >= 4 is 8.32 Å². The van der Waals surface area contributed by atoms with Crippen LogP contribution in [-0.4, -0.2) is 33.6 Å². The van der Waals surface area contributed by atoms with Crippen molar-refractivity contribution in [1.82, 2.24) is 5.32 Å². The molecule has 0 bridgehead atoms. The summed E-state index contributed by atoms with van der Waals surface area (Å²) in [4.78, 5) is 0. The van der Waals surface area contributed by atoms with E-state index in [0.717, 1.165) is 24.4 Å². The molecule has 2 unspecified atom stereocenters. The first-order valence-electron chi connectivity index (χ1n) is 15.1. The quantitative estimate of drug-likeness (QED) is 0.277. The number of allylic oxidation sites excluding steroid dienone is 1. The van der Waals surface area contributed by atoms with Crippen LogP contribution in [0.5, 0.6) is 0 Å². The lowest BCUT2D eigenvalue weighted by molar-refractivity contribution is -0.0763. The average molecular weight is 503 g/mol. The summed E-state index contributed by atoms with van der Waals surface area (Å²) in [5, 5.41) is 4.34. The summed E-state index contributed by atoms with van der Waals surface area (Å²) in [5.74, 6) is 2.80. The van der Waals surface area contributed by atoms with Crippen LogP contribution in [0.3, 0.4) is 0 Å². The van der Waals surface area contributed by atoms with Gasteiger partial charge in [-0.05, 0) is 124 Å². The number of nitrogens with two attached hydrogens (primary N) is 1. The predicted octanol–water partition coefficient (Wildman–Crippen LogP) is 7.67. The third-order valence-corrected chi connectivity index (χ3v) is 16.8. The summed E-state index contributed by atoms with van der Waals surface area (Å²) in [7, 11) is -1.76. The Morgan fingerprint density at radius 2 is 1.71 bits per heavy atom. The minimum atomic E-state index is -1.76. The van der Waals surface area contributed by atoms with Gasteiger partial charge in [0, 0.05) is 12.1 Å². The van der Waals surface area contributed by atoms with Crippen LogP contribution in [0.4, 0.5) is 0 Å². The summed E-state index contributed by atoms with van der Waals surface area (Å²) in [6.07, 6.45) is 14.9. The Balaban J connectivity index is 1.55. The second-order valence-corrected chi connectivity index (χ2v) is 19.8. The molecule has 4 aliphatic carbocycles. The van der Waals surface area contributed by atoms with E-state index >= 15 is 0 Å². The third kappa shape index (κ3) is 5.25. The summed E-state index contributed by atoms with van der Waals surface area (Å²) in [5.41, 5.74) is 8.83. The van der Waals surface area contributed by atoms with Gasteiger partial charge in [-0.3, -0.25) is 0 Å². The lowest BCUT2D eigenvalue weighted by Crippen LogP contribution is -2.55. The van der Waals surface area contributed by atoms with Crippen LogP contribution >= 0.6 is 0 Å². The first kappa shape index (κ1) is 27.9. The molecule has 0 spiro atoms. The highest BCUT2D eigenvalue weighted by Gasteiger charge is 2.56. The van der Waals surface area contributed by atoms with Crippen LogP contribution < -0.4 is 11.1 Å². The highest BCUT2D eigenvalue weighted by atomic mass is 28.4. The van der Waals surface area contributed by atoms with Gasteiger partial charge < -0.3 is 15.5 Å². The molecule has 4 aliphatic rings. The van der Waals surface area contributed by atoms with Gasteiger partial charge in [0.05, 0.1) is 0 Å². The minimum absolute atomic E-state index is 0.273. The summed E-state index contributed by atoms with van der Waals surface area (Å²) in [6, 6.07) is 0.735. The molecule has 0 aromatic rings. The molecule has 3 nitrogen and oxygen atoms in total. The highest BCUT2D eigenvalue weighted by molar-refractivity contribution is 6.74. The summed E-state index contributed by atoms with van der Waals surface area (Å²) < 4.78 is 7.05. The van der Waals surface area contributed by atoms with E-state index < -0.39 is 8.32 Å². The van der Waals surface area contributed by atoms with E-state index in [4.69, 9.17) is 10.2 Å². The molecule has 3 N–H and O–H groups in total. The van der Waals surface area contributed by atoms with Gasteiger partial charge in [-0.25, -0.2) is 0 Å². The van der Waals surface area contributed by atoms with E-state index in [0.29, 0.717) is 28.8 Å². The van der Waals surface area contributed by atoms with Crippen molar-refractivity contribution in [3.05, 3.63) is 12.2 Å². The van der Waals surface area contributed by atoms with Crippen LogP contribution in [0, 0.1) is 34.5 Å². The van der Waals surface area contributed by atoms with E-state index in [2.05, 4.69) is 59.6 Å². The maximum atomic E-state index is 7.05. The van der Waals surface area contributed by atoms with Crippen molar-refractivity contribution in [2.45, 2.75) is 136 Å². The number of nitrogens with one attached hydrogen (secondary N) is 1. The second kappa shape index (κ2) is 10.2. The SMILES string of the molecule is C=C1CCC2[C@H](CN)C([C@@]3(C)CC[C@H](O[Si](C)(C)C(C)(C)C)C[C@@H]3CNC3CCCC3)CC[C@]12C. The van der Waals surface area contributed by atoms with Gasteiger partial charge in [0.2, 0.25) is 0 Å². The molecule has 35 heavy (non-hydrogen) atoms. The van der Waals surface area contributed by atoms with Gasteiger partial charge in [0.1, 0.15) is 0 Å². The third-order valence-electron chi connectivity index (χ3n) is 12.3. The van der Waals surface area contributed by atoms with E-state index in [1.54, 1.807) is 0 Å². The Bertz CT molecular complexity index is 754. The number of rotatable bonds is 7. The molecule has 0 aromatic carbocycles. The van der Waals surface area contributed by atoms with Crippen molar-refractivity contribution in [3.63, 3.8) is 0 Å². The van der Waals surface area contributed by atoms with E-state index in [-0.39, 0.29) is 5.04 Å². The maximum Gasteiger partial charge on any atom is 0.192 e. The van der Waals surface area contributed by atoms with Crippen LogP contribution in [0.25, 0.3) is 0 Å². The zero-order valence-corrected chi connectivity index (χ0v) is 25.3. The van der Waals surface area contributed by atoms with Gasteiger partial charge in [0.25, 0.3) is 0 Å². The van der Waals surface area contributed by atoms with Crippen LogP contribution in [-0.2, 0) is 4.43 Å². The Labute approximate surface area is 218 Å². The number of fused-ring (bicyclic) bond motifs is 1. The standard InChI is InChI=1S/C31H58N2OSi/c1-22-13-14-27-26(20-32)28(16-18-30(22,27)5)31(6)17-15-25(34-35(7,8)29(2,3)4)19-23(31)21-33-24-11-9-10-12-24/h23-28,33H,1,9-21,32H2,2-8H3/t23-,25+,26+,27?,28?,30-,31+/m1/s1. The van der Waals surface area contributed by atoms with Gasteiger partial charge in [-0.15, -0.1) is 0 Å². The molecular formula is C31H58N2OSi. The fraction of sp³-hybridized carbons (Fsp3) is 0.935. The smallest absolute Gasteiger partial charge is 0.192 e. The van der Waals surface area contributed by atoms with Crippen molar-refractivity contribution in [1.29, 1.82) is 0 Å². The fourth-order valence-corrected chi connectivity index (χ4v) is 10.1. The second-order valence-electron chi connectivity index (χ2n) is 15.1. The first-order valence-corrected chi connectivity index (χ1v) is 18.0. The fourth-order valence-electron chi connectivity index (χ4n) is 8.67. The average Bonchev–Trinajstić information content (AvgIpc) is 3.40. The molecule has 4 rings (SSSR count). The monoisotopic (exact) mass is 502 g/mol. The largest absolute Gasteiger partial charge is 0.414 e. The summed E-state index contributed by atoms with van der Waals surface area (Å²) in [6.45, 7) is 23.7. The van der Waals surface area contributed by atoms with Crippen molar-refractivity contribution in [3.8, 4) is 0 Å². The van der Waals surface area contributed by atoms with Gasteiger partial charge in [-0.1, -0.05) is 59.6 Å². The lowest BCUT2D eigenvalue weighted by Gasteiger charge is -2.57. The van der Waals surface area contributed by atoms with E-state index in [1.807, 2.05) is 0 Å². The van der Waals surface area contributed by atoms with Crippen LogP contribution in [0.1, 0.15) is 105 Å². The Hall–Kier alpha value is -0.163. The molecule has 4 heteroatoms. The molecule has 0 amide bonds.